The van der Waals surface area contributed by atoms with Crippen LogP contribution in [0.3, 0.4) is 0 Å². The van der Waals surface area contributed by atoms with Gasteiger partial charge in [-0.2, -0.15) is 33.4 Å². The number of fused-ring (bicyclic) bond motifs is 4. The van der Waals surface area contributed by atoms with E-state index in [1.165, 1.54) is 37.2 Å². The van der Waals surface area contributed by atoms with Crippen LogP contribution in [0.1, 0.15) is 87.2 Å². The Balaban J connectivity index is 0.000000166. The molecular formula is C70H59Cl4IN25O11Y-. The molecule has 9 aromatic heterocycles. The summed E-state index contributed by atoms with van der Waals surface area (Å²) in [5.41, 5.74) is 6.99. The largest absolute Gasteiger partial charge is 0.396 e. The van der Waals surface area contributed by atoms with E-state index in [9.17, 15) is 38.4 Å². The minimum absolute atomic E-state index is 0. The molecule has 0 spiro atoms. The fraction of sp³-hybridized carbons (Fsp3) is 0.186. The molecule has 13 aromatic rings. The Morgan fingerprint density at radius 1 is 0.491 bits per heavy atom. The zero-order valence-corrected chi connectivity index (χ0v) is 66.2. The summed E-state index contributed by atoms with van der Waals surface area (Å²) in [5.74, 6) is 3.38. The van der Waals surface area contributed by atoms with Gasteiger partial charge in [-0.3, -0.25) is 48.2 Å². The van der Waals surface area contributed by atoms with Crippen molar-refractivity contribution in [3.63, 3.8) is 0 Å². The first kappa shape index (κ1) is 84.9. The van der Waals surface area contributed by atoms with Crippen molar-refractivity contribution in [1.82, 2.24) is 120 Å². The number of nitrogens with zero attached hydrogens (tertiary/aromatic N) is 20. The van der Waals surface area contributed by atoms with E-state index in [2.05, 4.69) is 120 Å². The van der Waals surface area contributed by atoms with E-state index < -0.39 is 45.9 Å². The van der Waals surface area contributed by atoms with Crippen LogP contribution >= 0.6 is 69.0 Å². The Bertz CT molecular complexity index is 5770. The number of anilines is 1. The number of halogens is 5. The van der Waals surface area contributed by atoms with Gasteiger partial charge < -0.3 is 53.2 Å². The number of nitrogens with two attached hydrogens (primary N) is 1. The van der Waals surface area contributed by atoms with Crippen LogP contribution in [0.2, 0.25) is 20.1 Å². The van der Waals surface area contributed by atoms with Crippen molar-refractivity contribution in [2.45, 2.75) is 45.6 Å². The number of rotatable bonds is 17. The average molecular weight is 1780 g/mol. The zero-order chi connectivity index (χ0) is 78.8. The topological polar surface area (TPSA) is 475 Å². The zero-order valence-electron chi connectivity index (χ0n) is 58.2. The summed E-state index contributed by atoms with van der Waals surface area (Å²) >= 11 is 25.3. The molecule has 1 aliphatic rings. The van der Waals surface area contributed by atoms with E-state index in [0.717, 1.165) is 63.3 Å². The van der Waals surface area contributed by atoms with Gasteiger partial charge in [-0.05, 0) is 112 Å². The number of aliphatic hydroxyl groups is 2. The molecule has 1 radical (unpaired) electrons. The Morgan fingerprint density at radius 3 is 1.26 bits per heavy atom. The summed E-state index contributed by atoms with van der Waals surface area (Å²) < 4.78 is 9.99. The molecule has 0 bridgehead atoms. The van der Waals surface area contributed by atoms with E-state index in [-0.39, 0.29) is 129 Å². The molecule has 1 fully saturated rings. The summed E-state index contributed by atoms with van der Waals surface area (Å²) in [6, 6.07) is 28.1. The molecule has 4 amide bonds. The number of carbonyl (C=O) groups excluding carboxylic acids is 4. The Kier molecular flexibility index (Phi) is 32.1. The van der Waals surface area contributed by atoms with Gasteiger partial charge in [0.2, 0.25) is 11.7 Å². The smallest absolute Gasteiger partial charge is 0.288 e. The minimum Gasteiger partial charge on any atom is -0.396 e. The van der Waals surface area contributed by atoms with Gasteiger partial charge in [-0.1, -0.05) is 101 Å². The van der Waals surface area contributed by atoms with Crippen molar-refractivity contribution in [3.8, 4) is 11.8 Å². The molecule has 0 unspecified atom stereocenters. The van der Waals surface area contributed by atoms with Crippen molar-refractivity contribution in [2.24, 2.45) is 0 Å². The number of nitrogens with one attached hydrogen (secondary N) is 4. The molecule has 4 aromatic carbocycles. The van der Waals surface area contributed by atoms with E-state index in [1.54, 1.807) is 109 Å². The van der Waals surface area contributed by atoms with Gasteiger partial charge in [0.25, 0.3) is 63.2 Å². The maximum absolute atomic E-state index is 12.8. The number of hydrogen-bond donors (Lipinski definition) is 7. The number of nitrogen functional groups attached to an aromatic ring is 1. The summed E-state index contributed by atoms with van der Waals surface area (Å²) in [7, 11) is 0. The van der Waals surface area contributed by atoms with Crippen LogP contribution in [-0.4, -0.2) is 172 Å². The van der Waals surface area contributed by atoms with Crippen molar-refractivity contribution in [3.05, 3.63) is 286 Å². The number of ether oxygens (including phenoxy) is 1. The Labute approximate surface area is 691 Å². The molecule has 0 atom stereocenters. The molecular weight excluding hydrogens is 1720 g/mol. The molecule has 569 valence electrons. The third kappa shape index (κ3) is 24.4. The van der Waals surface area contributed by atoms with Crippen molar-refractivity contribution >= 4 is 122 Å². The van der Waals surface area contributed by atoms with Crippen LogP contribution in [0.4, 0.5) is 5.95 Å². The van der Waals surface area contributed by atoms with Gasteiger partial charge in [0.05, 0.1) is 49.4 Å². The normalized spacial score (nSPS) is 11.5. The Hall–Kier alpha value is -11.2. The van der Waals surface area contributed by atoms with Gasteiger partial charge in [0.15, 0.2) is 5.69 Å². The number of benzene rings is 4. The maximum atomic E-state index is 12.8. The summed E-state index contributed by atoms with van der Waals surface area (Å²) in [6.45, 7) is 4.14. The van der Waals surface area contributed by atoms with Crippen LogP contribution in [0.5, 0.6) is 0 Å². The first-order chi connectivity index (χ1) is 53.7. The minimum atomic E-state index is -0.663. The van der Waals surface area contributed by atoms with Crippen LogP contribution < -0.4 is 49.2 Å². The van der Waals surface area contributed by atoms with Crippen molar-refractivity contribution in [1.29, 1.82) is 0 Å². The van der Waals surface area contributed by atoms with E-state index >= 15 is 0 Å². The second-order valence-corrected chi connectivity index (χ2v) is 25.7. The second-order valence-electron chi connectivity index (χ2n) is 22.8. The molecule has 14 rings (SSSR count). The quantitative estimate of drug-likeness (QED) is 0.0391. The van der Waals surface area contributed by atoms with Crippen LogP contribution in [-0.2, 0) is 76.6 Å². The van der Waals surface area contributed by atoms with Gasteiger partial charge >= 0.3 is 0 Å². The first-order valence-corrected chi connectivity index (χ1v) is 35.4. The maximum Gasteiger partial charge on any atom is 0.288 e. The summed E-state index contributed by atoms with van der Waals surface area (Å²) in [5, 5.41) is 54.0. The number of hydrogen-bond acceptors (Lipinski definition) is 28. The van der Waals surface area contributed by atoms with Gasteiger partial charge in [-0.15, -0.1) is 16.4 Å². The molecule has 36 nitrogen and oxygen atoms in total. The third-order valence-corrected chi connectivity index (χ3v) is 16.6. The SMILES string of the molecule is Nc1ncc(I)nn1.O=C(NCc1ccc(Cl)cc1)c1cnc2nc[c-]nn2c1=O.O=C(NCc1ccc(Cl)cc1)c1cnc2ncc(C#CCO)nn2c1=O.O=C(NCc1ccc(Cl)cc1)c1cnc2ncc(CCCO)nn2c1=O.O=C(NCc1ccc(Cl)cc1)c1cnc2ncc(CN3CCOCC3)nn2c1=O.[Y]. The van der Waals surface area contributed by atoms with Crippen molar-refractivity contribution < 1.29 is 66.8 Å². The summed E-state index contributed by atoms with van der Waals surface area (Å²) in [6.07, 6.45) is 15.4. The fourth-order valence-electron chi connectivity index (χ4n) is 9.49. The molecule has 8 N–H and O–H groups in total. The number of aliphatic hydroxyl groups excluding tert-OH is 2. The molecule has 42 heteroatoms. The van der Waals surface area contributed by atoms with Crippen LogP contribution in [0, 0.1) is 21.7 Å². The number of aromatic nitrogens is 19. The monoisotopic (exact) mass is 1780 g/mol. The van der Waals surface area contributed by atoms with Gasteiger partial charge in [0, 0.05) is 130 Å². The molecule has 0 aliphatic carbocycles. The van der Waals surface area contributed by atoms with E-state index in [4.69, 9.17) is 67.1 Å². The standard InChI is InChI=1S/C19H19ClN6O3.C17H16ClN5O3.C17H12ClN5O3.C14H9ClN5O2.C3H3IN4.Y/c20-14-3-1-13(2-4-14)9-21-17(27)16-11-23-19-22-10-15(24-26(19)18(16)28)12-25-5-7-29-8-6-25;2*18-12-5-3-11(4-6-12)8-19-15(25)14-10-21-17-20-9-13(2-1-7-24)22-23(17)16(14)26;15-10-3-1-9(2-4-10)7-17-12(21)11-8-18-14-16-5-6-19-20(14)13(11)22;4-2-1-6-3(5)8-7-2;/h1-4,10-11H,5-9,12H2,(H,21,27);3-6,9-10,24H,1-2,7-8H2,(H,19,25);3-6,9-10,24H,7-8H2,(H,19,25);1-5,8H,7H2,(H,17,21);1H,(H2,5,6,8);/q;;;-1;;. The first-order valence-electron chi connectivity index (χ1n) is 32.8. The van der Waals surface area contributed by atoms with Gasteiger partial charge in [0.1, 0.15) is 32.6 Å². The van der Waals surface area contributed by atoms with Crippen LogP contribution in [0.15, 0.2) is 172 Å². The number of amides is 4. The Morgan fingerprint density at radius 2 is 0.866 bits per heavy atom. The molecule has 1 saturated heterocycles. The predicted molar refractivity (Wildman–Crippen MR) is 410 cm³/mol. The van der Waals surface area contributed by atoms with Crippen molar-refractivity contribution in [2.75, 3.05) is 45.3 Å². The van der Waals surface area contributed by atoms with E-state index in [1.807, 2.05) is 22.6 Å². The number of aryl methyl sites for hydroxylation is 1. The molecule has 1 aliphatic heterocycles. The van der Waals surface area contributed by atoms with Gasteiger partial charge in [-0.25, -0.2) is 39.9 Å². The summed E-state index contributed by atoms with van der Waals surface area (Å²) in [4.78, 5) is 137. The molecule has 0 saturated carbocycles. The number of morpholine rings is 1. The average Bonchev–Trinajstić information content (AvgIpc) is 0.807. The molecule has 112 heavy (non-hydrogen) atoms. The number of carbonyl (C=O) groups is 4. The second kappa shape index (κ2) is 42.3. The molecule has 10 heterocycles. The third-order valence-electron chi connectivity index (χ3n) is 15.1. The van der Waals surface area contributed by atoms with Crippen LogP contribution in [0.25, 0.3) is 23.1 Å². The van der Waals surface area contributed by atoms with E-state index in [0.29, 0.717) is 64.1 Å². The predicted octanol–water partition coefficient (Wildman–Crippen LogP) is 3.23. The fourth-order valence-corrected chi connectivity index (χ4v) is 10.2.